The fourth-order valence-electron chi connectivity index (χ4n) is 1.82. The van der Waals surface area contributed by atoms with E-state index in [0.717, 1.165) is 11.1 Å². The summed E-state index contributed by atoms with van der Waals surface area (Å²) in [5, 5.41) is 9.70. The van der Waals surface area contributed by atoms with E-state index in [1.54, 1.807) is 12.1 Å². The third-order valence-corrected chi connectivity index (χ3v) is 2.84. The fraction of sp³-hybridized carbons (Fsp3) is 0.0588. The van der Waals surface area contributed by atoms with Crippen molar-refractivity contribution in [1.82, 2.24) is 0 Å². The molecule has 0 saturated carbocycles. The minimum absolute atomic E-state index is 0.00361. The van der Waals surface area contributed by atoms with Gasteiger partial charge in [0.2, 0.25) is 5.43 Å². The lowest BCUT2D eigenvalue weighted by molar-refractivity contribution is 0.104. The van der Waals surface area contributed by atoms with Gasteiger partial charge in [-0.15, -0.1) is 0 Å². The highest BCUT2D eigenvalue weighted by molar-refractivity contribution is 6.08. The third kappa shape index (κ3) is 3.20. The van der Waals surface area contributed by atoms with E-state index >= 15 is 0 Å². The van der Waals surface area contributed by atoms with Crippen LogP contribution in [-0.4, -0.2) is 10.9 Å². The van der Waals surface area contributed by atoms with Crippen LogP contribution >= 0.6 is 0 Å². The molecule has 2 rings (SSSR count). The number of allylic oxidation sites excluding steroid dienone is 1. The van der Waals surface area contributed by atoms with Crippen molar-refractivity contribution in [2.24, 2.45) is 0 Å². The molecule has 2 aromatic carbocycles. The van der Waals surface area contributed by atoms with Crippen LogP contribution < -0.4 is 5.43 Å². The third-order valence-electron chi connectivity index (χ3n) is 2.84. The second-order valence-electron chi connectivity index (χ2n) is 4.46. The second-order valence-corrected chi connectivity index (χ2v) is 4.46. The number of ketones is 1. The van der Waals surface area contributed by atoms with E-state index in [9.17, 15) is 14.7 Å². The average Bonchev–Trinajstić information content (AvgIpc) is 2.59. The zero-order chi connectivity index (χ0) is 14.5. The number of rotatable bonds is 3. The van der Waals surface area contributed by atoms with Gasteiger partial charge in [-0.3, -0.25) is 9.59 Å². The summed E-state index contributed by atoms with van der Waals surface area (Å²) in [6.07, 6.45) is 3.01. The summed E-state index contributed by atoms with van der Waals surface area (Å²) in [6.45, 7) is 1.96. The van der Waals surface area contributed by atoms with Crippen LogP contribution in [0.3, 0.4) is 0 Å². The van der Waals surface area contributed by atoms with Crippen LogP contribution in [0.2, 0.25) is 0 Å². The lowest BCUT2D eigenvalue weighted by atomic mass is 10.1. The van der Waals surface area contributed by atoms with Crippen molar-refractivity contribution in [1.29, 1.82) is 0 Å². The van der Waals surface area contributed by atoms with Gasteiger partial charge in [-0.25, -0.2) is 0 Å². The Morgan fingerprint density at radius 1 is 1.10 bits per heavy atom. The van der Waals surface area contributed by atoms with Crippen molar-refractivity contribution < 1.29 is 9.90 Å². The van der Waals surface area contributed by atoms with E-state index in [1.807, 2.05) is 31.2 Å². The Bertz CT molecular complexity index is 730. The van der Waals surface area contributed by atoms with E-state index in [0.29, 0.717) is 0 Å². The fourth-order valence-corrected chi connectivity index (χ4v) is 1.82. The molecule has 3 nitrogen and oxygen atoms in total. The summed E-state index contributed by atoms with van der Waals surface area (Å²) < 4.78 is 0. The van der Waals surface area contributed by atoms with Gasteiger partial charge >= 0.3 is 0 Å². The minimum Gasteiger partial charge on any atom is -0.504 e. The number of carbonyl (C=O) groups excluding carboxylic acids is 1. The molecule has 0 aliphatic heterocycles. The van der Waals surface area contributed by atoms with Crippen LogP contribution in [-0.2, 0) is 0 Å². The molecule has 0 saturated heterocycles. The lowest BCUT2D eigenvalue weighted by Gasteiger charge is -1.97. The molecule has 0 radical (unpaired) electrons. The van der Waals surface area contributed by atoms with Crippen LogP contribution in [0.5, 0.6) is 5.75 Å². The van der Waals surface area contributed by atoms with E-state index in [1.165, 1.54) is 24.3 Å². The first-order valence-electron chi connectivity index (χ1n) is 6.19. The molecule has 20 heavy (non-hydrogen) atoms. The molecule has 2 aromatic rings. The highest BCUT2D eigenvalue weighted by atomic mass is 16.3. The average molecular weight is 266 g/mol. The highest BCUT2D eigenvalue weighted by Gasteiger charge is 2.09. The van der Waals surface area contributed by atoms with Crippen molar-refractivity contribution in [2.45, 2.75) is 6.92 Å². The zero-order valence-electron chi connectivity index (χ0n) is 11.0. The van der Waals surface area contributed by atoms with E-state index in [4.69, 9.17) is 0 Å². The largest absolute Gasteiger partial charge is 0.504 e. The molecule has 0 amide bonds. The maximum atomic E-state index is 12.0. The SMILES string of the molecule is Cc1cccc(/C=C\C(=O)c2ccccc(=O)c2O)c1. The van der Waals surface area contributed by atoms with Gasteiger partial charge in [0.1, 0.15) is 0 Å². The number of carbonyl (C=O) groups is 1. The second kappa shape index (κ2) is 5.97. The van der Waals surface area contributed by atoms with Crippen molar-refractivity contribution in [3.8, 4) is 5.75 Å². The van der Waals surface area contributed by atoms with E-state index in [2.05, 4.69) is 0 Å². The predicted octanol–water partition coefficient (Wildman–Crippen LogP) is 2.96. The van der Waals surface area contributed by atoms with Crippen LogP contribution in [0.25, 0.3) is 6.08 Å². The van der Waals surface area contributed by atoms with Crippen molar-refractivity contribution in [3.63, 3.8) is 0 Å². The Morgan fingerprint density at radius 3 is 2.60 bits per heavy atom. The lowest BCUT2D eigenvalue weighted by Crippen LogP contribution is -2.01. The van der Waals surface area contributed by atoms with Crippen LogP contribution in [0.4, 0.5) is 0 Å². The Labute approximate surface area is 116 Å². The van der Waals surface area contributed by atoms with Gasteiger partial charge < -0.3 is 5.11 Å². The van der Waals surface area contributed by atoms with Gasteiger partial charge in [0.05, 0.1) is 5.56 Å². The van der Waals surface area contributed by atoms with Crippen molar-refractivity contribution in [2.75, 3.05) is 0 Å². The Morgan fingerprint density at radius 2 is 1.85 bits per heavy atom. The summed E-state index contributed by atoms with van der Waals surface area (Å²) >= 11 is 0. The maximum Gasteiger partial charge on any atom is 0.220 e. The first kappa shape index (κ1) is 13.7. The van der Waals surface area contributed by atoms with Crippen molar-refractivity contribution in [3.05, 3.63) is 81.5 Å². The Kier molecular flexibility index (Phi) is 4.11. The molecule has 0 aliphatic carbocycles. The molecule has 0 spiro atoms. The van der Waals surface area contributed by atoms with Crippen LogP contribution in [0, 0.1) is 6.92 Å². The molecule has 1 N–H and O–H groups in total. The number of hydrogen-bond acceptors (Lipinski definition) is 3. The monoisotopic (exact) mass is 266 g/mol. The van der Waals surface area contributed by atoms with Gasteiger partial charge in [0, 0.05) is 0 Å². The molecule has 100 valence electrons. The Balaban J connectivity index is 2.32. The molecule has 0 bridgehead atoms. The normalized spacial score (nSPS) is 10.7. The van der Waals surface area contributed by atoms with Crippen LogP contribution in [0.15, 0.2) is 59.4 Å². The van der Waals surface area contributed by atoms with Crippen molar-refractivity contribution >= 4 is 11.9 Å². The molecule has 0 aromatic heterocycles. The molecule has 3 heteroatoms. The first-order chi connectivity index (χ1) is 9.58. The van der Waals surface area contributed by atoms with Gasteiger partial charge in [0.15, 0.2) is 11.5 Å². The summed E-state index contributed by atoms with van der Waals surface area (Å²) in [5.74, 6) is -0.925. The van der Waals surface area contributed by atoms with Gasteiger partial charge in [-0.2, -0.15) is 0 Å². The number of aryl methyl sites for hydroxylation is 1. The number of hydrogen-bond donors (Lipinski definition) is 1. The van der Waals surface area contributed by atoms with Gasteiger partial charge in [0.25, 0.3) is 0 Å². The standard InChI is InChI=1S/C17H14O3/c1-12-5-4-6-13(11-12)9-10-15(18)14-7-2-3-8-16(19)17(14)20/h2-11H,1H3,(H,19,20)/b10-9-. The van der Waals surface area contributed by atoms with Gasteiger partial charge in [-0.05, 0) is 30.7 Å². The molecular weight excluding hydrogens is 252 g/mol. The molecule has 0 heterocycles. The molecule has 0 unspecified atom stereocenters. The number of aromatic hydroxyl groups is 1. The van der Waals surface area contributed by atoms with Gasteiger partial charge in [-0.1, -0.05) is 48.0 Å². The predicted molar refractivity (Wildman–Crippen MR) is 78.9 cm³/mol. The zero-order valence-corrected chi connectivity index (χ0v) is 11.0. The maximum absolute atomic E-state index is 12.0. The summed E-state index contributed by atoms with van der Waals surface area (Å²) in [6, 6.07) is 13.4. The quantitative estimate of drug-likeness (QED) is 0.686. The minimum atomic E-state index is -0.567. The Hall–Kier alpha value is -2.68. The summed E-state index contributed by atoms with van der Waals surface area (Å²) in [7, 11) is 0. The summed E-state index contributed by atoms with van der Waals surface area (Å²) in [5.41, 5.74) is 1.42. The summed E-state index contributed by atoms with van der Waals surface area (Å²) in [4.78, 5) is 23.5. The molecule has 0 fully saturated rings. The van der Waals surface area contributed by atoms with E-state index < -0.39 is 17.0 Å². The molecular formula is C17H14O3. The smallest absolute Gasteiger partial charge is 0.220 e. The highest BCUT2D eigenvalue weighted by Crippen LogP contribution is 2.12. The molecule has 0 aliphatic rings. The number of benzene rings is 1. The topological polar surface area (TPSA) is 54.4 Å². The molecule has 0 atom stereocenters. The van der Waals surface area contributed by atoms with E-state index in [-0.39, 0.29) is 5.56 Å². The first-order valence-corrected chi connectivity index (χ1v) is 6.19. The van der Waals surface area contributed by atoms with Crippen LogP contribution in [0.1, 0.15) is 21.5 Å².